The van der Waals surface area contributed by atoms with Crippen LogP contribution in [0.5, 0.6) is 0 Å². The maximum Gasteiger partial charge on any atom is 0.416 e. The molecule has 1 aromatic carbocycles. The number of hydrogen-bond acceptors (Lipinski definition) is 2. The summed E-state index contributed by atoms with van der Waals surface area (Å²) in [5, 5.41) is 0. The van der Waals surface area contributed by atoms with Crippen LogP contribution in [0.15, 0.2) is 18.2 Å². The molecule has 0 unspecified atom stereocenters. The maximum absolute atomic E-state index is 13.2. The topological polar surface area (TPSA) is 29.5 Å². The average Bonchev–Trinajstić information content (AvgIpc) is 2.44. The zero-order valence-electron chi connectivity index (χ0n) is 11.3. The van der Waals surface area contributed by atoms with Crippen LogP contribution in [0.25, 0.3) is 0 Å². The van der Waals surface area contributed by atoms with Gasteiger partial charge in [-0.25, -0.2) is 9.18 Å². The molecule has 7 heteroatoms. The molecule has 0 bridgehead atoms. The Balaban J connectivity index is 1.99. The lowest BCUT2D eigenvalue weighted by molar-refractivity contribution is -0.137. The van der Waals surface area contributed by atoms with Crippen molar-refractivity contribution in [1.29, 1.82) is 0 Å². The summed E-state index contributed by atoms with van der Waals surface area (Å²) in [5.74, 6) is -1.01. The lowest BCUT2D eigenvalue weighted by atomic mass is 10.1. The van der Waals surface area contributed by atoms with Gasteiger partial charge in [0, 0.05) is 13.1 Å². The van der Waals surface area contributed by atoms with E-state index in [4.69, 9.17) is 4.74 Å². The second kappa shape index (κ2) is 6.32. The van der Waals surface area contributed by atoms with Crippen LogP contribution in [-0.2, 0) is 17.5 Å². The van der Waals surface area contributed by atoms with Crippen LogP contribution in [0, 0.1) is 5.82 Å². The third-order valence-electron chi connectivity index (χ3n) is 3.26. The molecule has 0 saturated carbocycles. The van der Waals surface area contributed by atoms with Gasteiger partial charge in [0.2, 0.25) is 0 Å². The van der Waals surface area contributed by atoms with Crippen LogP contribution in [0.2, 0.25) is 0 Å². The summed E-state index contributed by atoms with van der Waals surface area (Å²) in [6.45, 7) is 0.780. The summed E-state index contributed by atoms with van der Waals surface area (Å²) in [4.78, 5) is 13.2. The number of hydrogen-bond donors (Lipinski definition) is 0. The lowest BCUT2D eigenvalue weighted by Gasteiger charge is -2.25. The Kier molecular flexibility index (Phi) is 4.69. The van der Waals surface area contributed by atoms with Crippen molar-refractivity contribution in [2.45, 2.75) is 32.0 Å². The molecule has 0 aliphatic carbocycles. The fourth-order valence-electron chi connectivity index (χ4n) is 2.21. The Morgan fingerprint density at radius 3 is 2.43 bits per heavy atom. The first-order chi connectivity index (χ1) is 9.86. The molecule has 116 valence electrons. The van der Waals surface area contributed by atoms with E-state index in [0.29, 0.717) is 19.2 Å². The van der Waals surface area contributed by atoms with E-state index in [1.54, 1.807) is 0 Å². The van der Waals surface area contributed by atoms with Crippen molar-refractivity contribution in [3.8, 4) is 0 Å². The molecule has 0 aromatic heterocycles. The average molecular weight is 305 g/mol. The van der Waals surface area contributed by atoms with E-state index in [1.165, 1.54) is 4.90 Å². The molecule has 1 aliphatic rings. The molecular formula is C14H15F4NO2. The first-order valence-corrected chi connectivity index (χ1v) is 6.64. The van der Waals surface area contributed by atoms with Gasteiger partial charge in [-0.15, -0.1) is 0 Å². The first-order valence-electron chi connectivity index (χ1n) is 6.64. The number of nitrogens with zero attached hydrogens (tertiary/aromatic N) is 1. The van der Waals surface area contributed by atoms with E-state index in [-0.39, 0.29) is 12.2 Å². The van der Waals surface area contributed by atoms with E-state index in [9.17, 15) is 22.4 Å². The van der Waals surface area contributed by atoms with Gasteiger partial charge in [0.25, 0.3) is 0 Å². The van der Waals surface area contributed by atoms with Crippen molar-refractivity contribution in [2.24, 2.45) is 0 Å². The van der Waals surface area contributed by atoms with E-state index in [0.717, 1.165) is 31.4 Å². The van der Waals surface area contributed by atoms with Crippen molar-refractivity contribution >= 4 is 6.09 Å². The number of likely N-dealkylation sites (tertiary alicyclic amines) is 1. The van der Waals surface area contributed by atoms with Gasteiger partial charge in [-0.2, -0.15) is 13.2 Å². The first kappa shape index (κ1) is 15.6. The highest BCUT2D eigenvalue weighted by molar-refractivity contribution is 5.67. The zero-order chi connectivity index (χ0) is 15.5. The second-order valence-electron chi connectivity index (χ2n) is 4.95. The fraction of sp³-hybridized carbons (Fsp3) is 0.500. The predicted molar refractivity (Wildman–Crippen MR) is 67.0 cm³/mol. The van der Waals surface area contributed by atoms with E-state index in [1.807, 2.05) is 0 Å². The van der Waals surface area contributed by atoms with Crippen LogP contribution < -0.4 is 0 Å². The Hall–Kier alpha value is -1.79. The van der Waals surface area contributed by atoms with Gasteiger partial charge in [0.05, 0.1) is 5.56 Å². The van der Waals surface area contributed by atoms with Crippen molar-refractivity contribution in [3.63, 3.8) is 0 Å². The molecule has 3 nitrogen and oxygen atoms in total. The molecular weight excluding hydrogens is 290 g/mol. The van der Waals surface area contributed by atoms with Crippen LogP contribution >= 0.6 is 0 Å². The molecule has 1 heterocycles. The molecule has 1 amide bonds. The Morgan fingerprint density at radius 1 is 1.14 bits per heavy atom. The number of benzene rings is 1. The normalized spacial score (nSPS) is 15.9. The smallest absolute Gasteiger partial charge is 0.416 e. The van der Waals surface area contributed by atoms with Gasteiger partial charge in [-0.05, 0) is 43.0 Å². The monoisotopic (exact) mass is 305 g/mol. The third-order valence-corrected chi connectivity index (χ3v) is 3.26. The van der Waals surface area contributed by atoms with Gasteiger partial charge in [0.15, 0.2) is 0 Å². The number of alkyl halides is 3. The lowest BCUT2D eigenvalue weighted by Crippen LogP contribution is -2.35. The van der Waals surface area contributed by atoms with Crippen molar-refractivity contribution in [1.82, 2.24) is 4.90 Å². The number of piperidine rings is 1. The van der Waals surface area contributed by atoms with Gasteiger partial charge in [0.1, 0.15) is 12.4 Å². The van der Waals surface area contributed by atoms with Crippen LogP contribution in [-0.4, -0.2) is 24.1 Å². The van der Waals surface area contributed by atoms with Gasteiger partial charge in [-0.1, -0.05) is 0 Å². The highest BCUT2D eigenvalue weighted by Crippen LogP contribution is 2.30. The molecule has 0 N–H and O–H groups in total. The molecule has 1 fully saturated rings. The molecule has 2 rings (SSSR count). The second-order valence-corrected chi connectivity index (χ2v) is 4.95. The molecule has 1 saturated heterocycles. The fourth-order valence-corrected chi connectivity index (χ4v) is 2.21. The van der Waals surface area contributed by atoms with Crippen molar-refractivity contribution in [3.05, 3.63) is 35.1 Å². The summed E-state index contributed by atoms with van der Waals surface area (Å²) in [6.07, 6.45) is -2.40. The van der Waals surface area contributed by atoms with Crippen molar-refractivity contribution < 1.29 is 27.1 Å². The number of ether oxygens (including phenoxy) is 1. The minimum atomic E-state index is -4.63. The Bertz CT molecular complexity index is 510. The van der Waals surface area contributed by atoms with E-state index >= 15 is 0 Å². The van der Waals surface area contributed by atoms with Crippen LogP contribution in [0.4, 0.5) is 22.4 Å². The molecule has 0 atom stereocenters. The van der Waals surface area contributed by atoms with Gasteiger partial charge >= 0.3 is 12.3 Å². The van der Waals surface area contributed by atoms with E-state index < -0.39 is 23.7 Å². The Morgan fingerprint density at radius 2 is 1.81 bits per heavy atom. The summed E-state index contributed by atoms with van der Waals surface area (Å²) in [6, 6.07) is 2.13. The molecule has 1 aliphatic heterocycles. The largest absolute Gasteiger partial charge is 0.445 e. The highest BCUT2D eigenvalue weighted by Gasteiger charge is 2.31. The van der Waals surface area contributed by atoms with E-state index in [2.05, 4.69) is 0 Å². The zero-order valence-corrected chi connectivity index (χ0v) is 11.3. The minimum Gasteiger partial charge on any atom is -0.445 e. The molecule has 21 heavy (non-hydrogen) atoms. The quantitative estimate of drug-likeness (QED) is 0.774. The summed E-state index contributed by atoms with van der Waals surface area (Å²) < 4.78 is 55.8. The summed E-state index contributed by atoms with van der Waals surface area (Å²) in [5.41, 5.74) is -1.11. The SMILES string of the molecule is O=C(OCc1cc(F)cc(C(F)(F)F)c1)N1CCCCC1. The standard InChI is InChI=1S/C14H15F4NO2/c15-12-7-10(6-11(8-12)14(16,17)18)9-21-13(20)19-4-2-1-3-5-19/h6-8H,1-5,9H2. The number of amides is 1. The number of halogens is 4. The molecule has 0 spiro atoms. The third kappa shape index (κ3) is 4.34. The van der Waals surface area contributed by atoms with Gasteiger partial charge < -0.3 is 9.64 Å². The van der Waals surface area contributed by atoms with Crippen LogP contribution in [0.1, 0.15) is 30.4 Å². The molecule has 1 aromatic rings. The maximum atomic E-state index is 13.2. The highest BCUT2D eigenvalue weighted by atomic mass is 19.4. The number of carbonyl (C=O) groups is 1. The summed E-state index contributed by atoms with van der Waals surface area (Å²) in [7, 11) is 0. The van der Waals surface area contributed by atoms with Crippen molar-refractivity contribution in [2.75, 3.05) is 13.1 Å². The number of carbonyl (C=O) groups excluding carboxylic acids is 1. The Labute approximate surface area is 119 Å². The van der Waals surface area contributed by atoms with Crippen LogP contribution in [0.3, 0.4) is 0 Å². The summed E-state index contributed by atoms with van der Waals surface area (Å²) >= 11 is 0. The molecule has 0 radical (unpaired) electrons. The van der Waals surface area contributed by atoms with Gasteiger partial charge in [-0.3, -0.25) is 0 Å². The predicted octanol–water partition coefficient (Wildman–Crippen LogP) is 3.97. The number of rotatable bonds is 2. The minimum absolute atomic E-state index is 0.0207.